The summed E-state index contributed by atoms with van der Waals surface area (Å²) in [5, 5.41) is 0. The molecule has 2 N–H and O–H groups in total. The molecule has 2 unspecified atom stereocenters. The number of carbonyl (C=O) groups is 1. The molecule has 0 radical (unpaired) electrons. The van der Waals surface area contributed by atoms with E-state index in [2.05, 4.69) is 13.8 Å². The molecule has 2 heteroatoms. The van der Waals surface area contributed by atoms with Crippen molar-refractivity contribution in [2.45, 2.75) is 46.0 Å². The Hall–Kier alpha value is -0.530. The van der Waals surface area contributed by atoms with Crippen LogP contribution >= 0.6 is 0 Å². The van der Waals surface area contributed by atoms with E-state index in [1.54, 1.807) is 0 Å². The topological polar surface area (TPSA) is 43.1 Å². The van der Waals surface area contributed by atoms with Crippen molar-refractivity contribution in [3.05, 3.63) is 0 Å². The summed E-state index contributed by atoms with van der Waals surface area (Å²) in [6.45, 7) is 4.43. The molecule has 0 heterocycles. The van der Waals surface area contributed by atoms with Crippen molar-refractivity contribution in [3.8, 4) is 0 Å². The first-order valence-electron chi connectivity index (χ1n) is 5.40. The monoisotopic (exact) mass is 183 g/mol. The van der Waals surface area contributed by atoms with Gasteiger partial charge in [-0.2, -0.15) is 0 Å². The zero-order chi connectivity index (χ0) is 9.84. The fraction of sp³-hybridized carbons (Fsp3) is 0.909. The highest BCUT2D eigenvalue weighted by Gasteiger charge is 2.29. The van der Waals surface area contributed by atoms with Crippen molar-refractivity contribution in [3.63, 3.8) is 0 Å². The van der Waals surface area contributed by atoms with E-state index >= 15 is 0 Å². The molecule has 0 aromatic heterocycles. The standard InChI is InChI=1S/C11H21NO/c1-8(2)7-9-5-3-4-6-10(9)11(12)13/h8-10H,3-7H2,1-2H3,(H2,12,13). The van der Waals surface area contributed by atoms with Gasteiger partial charge in [0.15, 0.2) is 0 Å². The van der Waals surface area contributed by atoms with Gasteiger partial charge in [-0.1, -0.05) is 26.7 Å². The van der Waals surface area contributed by atoms with E-state index in [0.717, 1.165) is 12.8 Å². The average molecular weight is 183 g/mol. The fourth-order valence-corrected chi connectivity index (χ4v) is 2.47. The van der Waals surface area contributed by atoms with Gasteiger partial charge >= 0.3 is 0 Å². The third-order valence-corrected chi connectivity index (χ3v) is 3.05. The van der Waals surface area contributed by atoms with Crippen molar-refractivity contribution in [1.82, 2.24) is 0 Å². The molecule has 2 atom stereocenters. The molecular formula is C11H21NO. The summed E-state index contributed by atoms with van der Waals surface area (Å²) in [7, 11) is 0. The average Bonchev–Trinajstić information content (AvgIpc) is 2.03. The van der Waals surface area contributed by atoms with Crippen LogP contribution in [0, 0.1) is 17.8 Å². The molecule has 1 amide bonds. The van der Waals surface area contributed by atoms with E-state index in [1.165, 1.54) is 19.3 Å². The lowest BCUT2D eigenvalue weighted by Crippen LogP contribution is -2.33. The van der Waals surface area contributed by atoms with Gasteiger partial charge in [-0.3, -0.25) is 4.79 Å². The minimum absolute atomic E-state index is 0.0784. The second-order valence-electron chi connectivity index (χ2n) is 4.68. The van der Waals surface area contributed by atoms with E-state index in [-0.39, 0.29) is 11.8 Å². The number of nitrogens with two attached hydrogens (primary N) is 1. The van der Waals surface area contributed by atoms with Gasteiger partial charge in [0.05, 0.1) is 0 Å². The second kappa shape index (κ2) is 4.64. The molecule has 0 aromatic rings. The van der Waals surface area contributed by atoms with Crippen LogP contribution in [0.25, 0.3) is 0 Å². The summed E-state index contributed by atoms with van der Waals surface area (Å²) < 4.78 is 0. The molecule has 1 saturated carbocycles. The van der Waals surface area contributed by atoms with Crippen molar-refractivity contribution in [2.75, 3.05) is 0 Å². The number of hydrogen-bond donors (Lipinski definition) is 1. The maximum atomic E-state index is 11.2. The van der Waals surface area contributed by atoms with Gasteiger partial charge in [-0.05, 0) is 31.1 Å². The first kappa shape index (κ1) is 10.6. The van der Waals surface area contributed by atoms with E-state index < -0.39 is 0 Å². The molecule has 76 valence electrons. The zero-order valence-electron chi connectivity index (χ0n) is 8.75. The van der Waals surface area contributed by atoms with Crippen LogP contribution in [0.15, 0.2) is 0 Å². The third-order valence-electron chi connectivity index (χ3n) is 3.05. The Bertz CT molecular complexity index is 177. The van der Waals surface area contributed by atoms with E-state index in [4.69, 9.17) is 5.73 Å². The maximum Gasteiger partial charge on any atom is 0.220 e. The van der Waals surface area contributed by atoms with Gasteiger partial charge < -0.3 is 5.73 Å². The predicted octanol–water partition coefficient (Wildman–Crippen LogP) is 2.32. The van der Waals surface area contributed by atoms with Gasteiger partial charge in [-0.25, -0.2) is 0 Å². The second-order valence-corrected chi connectivity index (χ2v) is 4.68. The number of amides is 1. The maximum absolute atomic E-state index is 11.2. The Morgan fingerprint density at radius 1 is 1.38 bits per heavy atom. The molecule has 0 bridgehead atoms. The van der Waals surface area contributed by atoms with Gasteiger partial charge in [0.25, 0.3) is 0 Å². The van der Waals surface area contributed by atoms with Gasteiger partial charge in [0.2, 0.25) is 5.91 Å². The van der Waals surface area contributed by atoms with Crippen LogP contribution in [-0.4, -0.2) is 5.91 Å². The Labute approximate surface area is 80.9 Å². The first-order valence-corrected chi connectivity index (χ1v) is 5.40. The highest BCUT2D eigenvalue weighted by Crippen LogP contribution is 2.33. The fourth-order valence-electron chi connectivity index (χ4n) is 2.47. The molecular weight excluding hydrogens is 162 g/mol. The highest BCUT2D eigenvalue weighted by atomic mass is 16.1. The Balaban J connectivity index is 2.51. The zero-order valence-corrected chi connectivity index (χ0v) is 8.75. The molecule has 1 aliphatic carbocycles. The molecule has 2 nitrogen and oxygen atoms in total. The summed E-state index contributed by atoms with van der Waals surface area (Å²) in [6, 6.07) is 0. The lowest BCUT2D eigenvalue weighted by molar-refractivity contribution is -0.124. The van der Waals surface area contributed by atoms with Crippen LogP contribution < -0.4 is 5.73 Å². The molecule has 1 rings (SSSR count). The largest absolute Gasteiger partial charge is 0.369 e. The van der Waals surface area contributed by atoms with Crippen LogP contribution in [-0.2, 0) is 4.79 Å². The quantitative estimate of drug-likeness (QED) is 0.717. The van der Waals surface area contributed by atoms with Gasteiger partial charge in [-0.15, -0.1) is 0 Å². The lowest BCUT2D eigenvalue weighted by Gasteiger charge is -2.30. The first-order chi connectivity index (χ1) is 6.11. The molecule has 0 spiro atoms. The SMILES string of the molecule is CC(C)CC1CCCCC1C(N)=O. The van der Waals surface area contributed by atoms with E-state index in [0.29, 0.717) is 11.8 Å². The van der Waals surface area contributed by atoms with Crippen molar-refractivity contribution < 1.29 is 4.79 Å². The van der Waals surface area contributed by atoms with Crippen molar-refractivity contribution >= 4 is 5.91 Å². The molecule has 0 saturated heterocycles. The third kappa shape index (κ3) is 3.02. The molecule has 1 aliphatic rings. The summed E-state index contributed by atoms with van der Waals surface area (Å²) in [5.74, 6) is 1.33. The number of carbonyl (C=O) groups excluding carboxylic acids is 1. The summed E-state index contributed by atoms with van der Waals surface area (Å²) in [6.07, 6.45) is 5.84. The Kier molecular flexibility index (Phi) is 3.76. The predicted molar refractivity (Wildman–Crippen MR) is 54.1 cm³/mol. The van der Waals surface area contributed by atoms with Crippen LogP contribution in [0.5, 0.6) is 0 Å². The number of rotatable bonds is 3. The van der Waals surface area contributed by atoms with Crippen LogP contribution in [0.2, 0.25) is 0 Å². The van der Waals surface area contributed by atoms with Crippen molar-refractivity contribution in [1.29, 1.82) is 0 Å². The van der Waals surface area contributed by atoms with Gasteiger partial charge in [0.1, 0.15) is 0 Å². The normalized spacial score (nSPS) is 29.2. The lowest BCUT2D eigenvalue weighted by atomic mass is 9.75. The minimum Gasteiger partial charge on any atom is -0.369 e. The number of hydrogen-bond acceptors (Lipinski definition) is 1. The Morgan fingerprint density at radius 2 is 2.00 bits per heavy atom. The van der Waals surface area contributed by atoms with E-state index in [1.807, 2.05) is 0 Å². The number of primary amides is 1. The summed E-state index contributed by atoms with van der Waals surface area (Å²) in [4.78, 5) is 11.2. The summed E-state index contributed by atoms with van der Waals surface area (Å²) in [5.41, 5.74) is 5.39. The summed E-state index contributed by atoms with van der Waals surface area (Å²) >= 11 is 0. The Morgan fingerprint density at radius 3 is 2.54 bits per heavy atom. The van der Waals surface area contributed by atoms with Crippen LogP contribution in [0.3, 0.4) is 0 Å². The van der Waals surface area contributed by atoms with E-state index in [9.17, 15) is 4.79 Å². The minimum atomic E-state index is -0.0784. The smallest absolute Gasteiger partial charge is 0.220 e. The van der Waals surface area contributed by atoms with Crippen molar-refractivity contribution in [2.24, 2.45) is 23.5 Å². The molecule has 13 heavy (non-hydrogen) atoms. The van der Waals surface area contributed by atoms with Crippen LogP contribution in [0.1, 0.15) is 46.0 Å². The van der Waals surface area contributed by atoms with Crippen LogP contribution in [0.4, 0.5) is 0 Å². The molecule has 1 fully saturated rings. The molecule has 0 aliphatic heterocycles. The molecule has 0 aromatic carbocycles. The highest BCUT2D eigenvalue weighted by molar-refractivity contribution is 5.77. The van der Waals surface area contributed by atoms with Gasteiger partial charge in [0, 0.05) is 5.92 Å².